The van der Waals surface area contributed by atoms with E-state index >= 15 is 0 Å². The predicted octanol–water partition coefficient (Wildman–Crippen LogP) is 5.48. The first kappa shape index (κ1) is 16.3. The molecule has 1 unspecified atom stereocenters. The molecule has 0 heterocycles. The van der Waals surface area contributed by atoms with Gasteiger partial charge >= 0.3 is 0 Å². The van der Waals surface area contributed by atoms with E-state index in [1.807, 2.05) is 31.2 Å². The van der Waals surface area contributed by atoms with Crippen molar-refractivity contribution in [1.29, 1.82) is 0 Å². The van der Waals surface area contributed by atoms with Gasteiger partial charge in [-0.3, -0.25) is 0 Å². The summed E-state index contributed by atoms with van der Waals surface area (Å²) in [6.45, 7) is 4.07. The highest BCUT2D eigenvalue weighted by Crippen LogP contribution is 2.33. The van der Waals surface area contributed by atoms with Crippen LogP contribution >= 0.6 is 27.5 Å². The van der Waals surface area contributed by atoms with Crippen molar-refractivity contribution in [3.05, 3.63) is 57.0 Å². The number of benzene rings is 2. The lowest BCUT2D eigenvalue weighted by Gasteiger charge is -2.13. The third-order valence-electron chi connectivity index (χ3n) is 3.38. The molecule has 0 aromatic heterocycles. The largest absolute Gasteiger partial charge is 0.456 e. The zero-order valence-electron chi connectivity index (χ0n) is 12.2. The zero-order valence-corrected chi connectivity index (χ0v) is 14.5. The summed E-state index contributed by atoms with van der Waals surface area (Å²) in [5, 5.41) is 0.711. The van der Waals surface area contributed by atoms with Crippen LogP contribution in [0.2, 0.25) is 5.02 Å². The Bertz CT molecular complexity index is 630. The number of ether oxygens (including phenoxy) is 1. The third kappa shape index (κ3) is 4.47. The molecule has 0 aliphatic carbocycles. The minimum Gasteiger partial charge on any atom is -0.456 e. The zero-order chi connectivity index (χ0) is 15.4. The highest BCUT2D eigenvalue weighted by Gasteiger charge is 2.08. The van der Waals surface area contributed by atoms with Crippen molar-refractivity contribution in [2.45, 2.75) is 32.7 Å². The highest BCUT2D eigenvalue weighted by molar-refractivity contribution is 9.10. The Morgan fingerprint density at radius 3 is 2.52 bits per heavy atom. The Balaban J connectivity index is 2.17. The summed E-state index contributed by atoms with van der Waals surface area (Å²) in [5.74, 6) is 1.59. The number of halogens is 2. The number of aryl methyl sites for hydroxylation is 1. The van der Waals surface area contributed by atoms with Crippen molar-refractivity contribution in [3.8, 4) is 11.5 Å². The average Bonchev–Trinajstić information content (AvgIpc) is 2.44. The molecular formula is C17H19BrClNO. The lowest BCUT2D eigenvalue weighted by Crippen LogP contribution is -2.21. The SMILES string of the molecule is CCC(N)Cc1ccc(Oc2ccc(Cl)cc2C)c(Br)c1. The van der Waals surface area contributed by atoms with Gasteiger partial charge in [-0.05, 0) is 77.2 Å². The second-order valence-corrected chi connectivity index (χ2v) is 6.44. The minimum absolute atomic E-state index is 0.196. The van der Waals surface area contributed by atoms with Gasteiger partial charge in [0.25, 0.3) is 0 Å². The Morgan fingerprint density at radius 1 is 1.19 bits per heavy atom. The molecular weight excluding hydrogens is 350 g/mol. The third-order valence-corrected chi connectivity index (χ3v) is 4.23. The van der Waals surface area contributed by atoms with Gasteiger partial charge in [-0.2, -0.15) is 0 Å². The monoisotopic (exact) mass is 367 g/mol. The first-order valence-electron chi connectivity index (χ1n) is 6.97. The van der Waals surface area contributed by atoms with Crippen molar-refractivity contribution in [3.63, 3.8) is 0 Å². The van der Waals surface area contributed by atoms with Crippen LogP contribution in [0.1, 0.15) is 24.5 Å². The number of nitrogens with two attached hydrogens (primary N) is 1. The summed E-state index contributed by atoms with van der Waals surface area (Å²) in [5.41, 5.74) is 8.20. The van der Waals surface area contributed by atoms with Gasteiger partial charge in [-0.1, -0.05) is 24.6 Å². The highest BCUT2D eigenvalue weighted by atomic mass is 79.9. The van der Waals surface area contributed by atoms with E-state index in [9.17, 15) is 0 Å². The molecule has 0 amide bonds. The van der Waals surface area contributed by atoms with Crippen LogP contribution in [0, 0.1) is 6.92 Å². The molecule has 0 aliphatic heterocycles. The first-order chi connectivity index (χ1) is 9.99. The fourth-order valence-electron chi connectivity index (χ4n) is 2.05. The molecule has 0 spiro atoms. The Morgan fingerprint density at radius 2 is 1.90 bits per heavy atom. The molecule has 0 saturated heterocycles. The average molecular weight is 369 g/mol. The van der Waals surface area contributed by atoms with Crippen LogP contribution in [-0.2, 0) is 6.42 Å². The maximum atomic E-state index is 5.99. The van der Waals surface area contributed by atoms with Crippen LogP contribution in [-0.4, -0.2) is 6.04 Å². The molecule has 0 aliphatic rings. The number of hydrogen-bond acceptors (Lipinski definition) is 2. The van der Waals surface area contributed by atoms with E-state index in [4.69, 9.17) is 22.1 Å². The van der Waals surface area contributed by atoms with Crippen molar-refractivity contribution in [2.75, 3.05) is 0 Å². The molecule has 4 heteroatoms. The van der Waals surface area contributed by atoms with Gasteiger partial charge in [0.15, 0.2) is 0 Å². The Kier molecular flexibility index (Phi) is 5.68. The Labute approximate surface area is 139 Å². The molecule has 21 heavy (non-hydrogen) atoms. The van der Waals surface area contributed by atoms with E-state index in [0.717, 1.165) is 34.4 Å². The van der Waals surface area contributed by atoms with Crippen LogP contribution in [0.15, 0.2) is 40.9 Å². The summed E-state index contributed by atoms with van der Waals surface area (Å²) in [6, 6.07) is 11.9. The second-order valence-electron chi connectivity index (χ2n) is 5.15. The Hall–Kier alpha value is -1.03. The van der Waals surface area contributed by atoms with Crippen molar-refractivity contribution >= 4 is 27.5 Å². The summed E-state index contributed by atoms with van der Waals surface area (Å²) in [6.07, 6.45) is 1.84. The molecule has 2 aromatic carbocycles. The predicted molar refractivity (Wildman–Crippen MR) is 92.4 cm³/mol. The number of hydrogen-bond donors (Lipinski definition) is 1. The maximum Gasteiger partial charge on any atom is 0.141 e. The van der Waals surface area contributed by atoms with Crippen LogP contribution in [0.4, 0.5) is 0 Å². The van der Waals surface area contributed by atoms with Gasteiger partial charge < -0.3 is 10.5 Å². The van der Waals surface area contributed by atoms with Crippen LogP contribution in [0.3, 0.4) is 0 Å². The normalized spacial score (nSPS) is 12.2. The van der Waals surface area contributed by atoms with Gasteiger partial charge in [0.2, 0.25) is 0 Å². The van der Waals surface area contributed by atoms with E-state index in [-0.39, 0.29) is 6.04 Å². The second kappa shape index (κ2) is 7.30. The summed E-state index contributed by atoms with van der Waals surface area (Å²) in [7, 11) is 0. The molecule has 2 N–H and O–H groups in total. The molecule has 0 saturated carbocycles. The van der Waals surface area contributed by atoms with Crippen molar-refractivity contribution < 1.29 is 4.74 Å². The summed E-state index contributed by atoms with van der Waals surface area (Å²) < 4.78 is 6.87. The number of rotatable bonds is 5. The van der Waals surface area contributed by atoms with E-state index < -0.39 is 0 Å². The van der Waals surface area contributed by atoms with E-state index in [1.54, 1.807) is 0 Å². The minimum atomic E-state index is 0.196. The van der Waals surface area contributed by atoms with Crippen molar-refractivity contribution in [1.82, 2.24) is 0 Å². The summed E-state index contributed by atoms with van der Waals surface area (Å²) >= 11 is 9.52. The standard InChI is InChI=1S/C17H19BrClNO/c1-3-14(20)9-12-4-6-17(15(18)10-12)21-16-7-5-13(19)8-11(16)2/h4-8,10,14H,3,9,20H2,1-2H3. The fourth-order valence-corrected chi connectivity index (χ4v) is 2.78. The molecule has 112 valence electrons. The van der Waals surface area contributed by atoms with Crippen molar-refractivity contribution in [2.24, 2.45) is 5.73 Å². The van der Waals surface area contributed by atoms with Gasteiger partial charge in [-0.25, -0.2) is 0 Å². The molecule has 0 bridgehead atoms. The van der Waals surface area contributed by atoms with Gasteiger partial charge in [0.05, 0.1) is 4.47 Å². The topological polar surface area (TPSA) is 35.2 Å². The quantitative estimate of drug-likeness (QED) is 0.758. The van der Waals surface area contributed by atoms with E-state index in [2.05, 4.69) is 35.0 Å². The smallest absolute Gasteiger partial charge is 0.141 e. The van der Waals surface area contributed by atoms with Crippen LogP contribution in [0.25, 0.3) is 0 Å². The molecule has 0 radical (unpaired) electrons. The maximum absolute atomic E-state index is 5.99. The first-order valence-corrected chi connectivity index (χ1v) is 8.14. The summed E-state index contributed by atoms with van der Waals surface area (Å²) in [4.78, 5) is 0. The van der Waals surface area contributed by atoms with Gasteiger partial charge in [0, 0.05) is 11.1 Å². The van der Waals surface area contributed by atoms with E-state index in [1.165, 1.54) is 5.56 Å². The van der Waals surface area contributed by atoms with Gasteiger partial charge in [0.1, 0.15) is 11.5 Å². The fraction of sp³-hybridized carbons (Fsp3) is 0.294. The lowest BCUT2D eigenvalue weighted by atomic mass is 10.0. The van der Waals surface area contributed by atoms with Gasteiger partial charge in [-0.15, -0.1) is 0 Å². The molecule has 2 aromatic rings. The van der Waals surface area contributed by atoms with E-state index in [0.29, 0.717) is 5.02 Å². The van der Waals surface area contributed by atoms with Crippen LogP contribution in [0.5, 0.6) is 11.5 Å². The molecule has 2 rings (SSSR count). The molecule has 2 nitrogen and oxygen atoms in total. The molecule has 1 atom stereocenters. The lowest BCUT2D eigenvalue weighted by molar-refractivity contribution is 0.475. The van der Waals surface area contributed by atoms with Crippen LogP contribution < -0.4 is 10.5 Å². The molecule has 0 fully saturated rings.